The van der Waals surface area contributed by atoms with E-state index < -0.39 is 5.60 Å². The highest BCUT2D eigenvalue weighted by Gasteiger charge is 2.27. The van der Waals surface area contributed by atoms with E-state index in [4.69, 9.17) is 9.47 Å². The molecule has 1 aliphatic rings. The summed E-state index contributed by atoms with van der Waals surface area (Å²) in [6.45, 7) is 8.66. The van der Waals surface area contributed by atoms with Crippen LogP contribution in [-0.4, -0.2) is 41.6 Å². The molecule has 0 N–H and O–H groups in total. The fourth-order valence-corrected chi connectivity index (χ4v) is 2.62. The van der Waals surface area contributed by atoms with Gasteiger partial charge in [0.1, 0.15) is 17.5 Å². The molecule has 1 aliphatic heterocycles. The van der Waals surface area contributed by atoms with Crippen molar-refractivity contribution in [2.24, 2.45) is 0 Å². The molecule has 1 heterocycles. The Morgan fingerprint density at radius 1 is 1.12 bits per heavy atom. The number of ether oxygens (including phenoxy) is 2. The third-order valence-electron chi connectivity index (χ3n) is 3.85. The van der Waals surface area contributed by atoms with E-state index in [9.17, 15) is 9.59 Å². The summed E-state index contributed by atoms with van der Waals surface area (Å²) in [6, 6.07) is 7.18. The largest absolute Gasteiger partial charge is 0.490 e. The van der Waals surface area contributed by atoms with Crippen molar-refractivity contribution in [3.05, 3.63) is 42.0 Å². The van der Waals surface area contributed by atoms with E-state index in [1.807, 2.05) is 39.8 Å². The molecule has 0 aromatic heterocycles. The lowest BCUT2D eigenvalue weighted by molar-refractivity contribution is 0.0126. The van der Waals surface area contributed by atoms with Crippen LogP contribution < -0.4 is 4.74 Å². The number of rotatable bonds is 4. The number of piperidine rings is 1. The van der Waals surface area contributed by atoms with Crippen LogP contribution in [0.5, 0.6) is 5.75 Å². The smallest absolute Gasteiger partial charge is 0.410 e. The summed E-state index contributed by atoms with van der Waals surface area (Å²) in [5.74, 6) is 0.729. The maximum Gasteiger partial charge on any atom is 0.410 e. The zero-order valence-electron chi connectivity index (χ0n) is 15.5. The molecule has 5 heteroatoms. The number of ketones is 1. The molecule has 0 atom stereocenters. The summed E-state index contributed by atoms with van der Waals surface area (Å²) in [5.41, 5.74) is 0.168. The van der Waals surface area contributed by atoms with Crippen molar-refractivity contribution in [2.75, 3.05) is 13.1 Å². The van der Waals surface area contributed by atoms with Crippen molar-refractivity contribution < 1.29 is 19.1 Å². The van der Waals surface area contributed by atoms with Crippen molar-refractivity contribution in [1.29, 1.82) is 0 Å². The number of carbonyl (C=O) groups is 2. The molecule has 5 nitrogen and oxygen atoms in total. The van der Waals surface area contributed by atoms with E-state index in [0.29, 0.717) is 18.7 Å². The molecule has 0 aliphatic carbocycles. The van der Waals surface area contributed by atoms with E-state index in [2.05, 4.69) is 0 Å². The van der Waals surface area contributed by atoms with Gasteiger partial charge in [0.15, 0.2) is 5.78 Å². The van der Waals surface area contributed by atoms with Crippen molar-refractivity contribution in [3.8, 4) is 5.75 Å². The van der Waals surface area contributed by atoms with Crippen LogP contribution >= 0.6 is 0 Å². The van der Waals surface area contributed by atoms with Gasteiger partial charge in [-0.15, -0.1) is 0 Å². The predicted octanol–water partition coefficient (Wildman–Crippen LogP) is 4.22. The average molecular weight is 345 g/mol. The molecular weight excluding hydrogens is 318 g/mol. The number of hydrogen-bond donors (Lipinski definition) is 0. The van der Waals surface area contributed by atoms with Crippen molar-refractivity contribution in [1.82, 2.24) is 4.90 Å². The topological polar surface area (TPSA) is 55.8 Å². The second kappa shape index (κ2) is 8.19. The van der Waals surface area contributed by atoms with Gasteiger partial charge >= 0.3 is 6.09 Å². The third-order valence-corrected chi connectivity index (χ3v) is 3.85. The monoisotopic (exact) mass is 345 g/mol. The van der Waals surface area contributed by atoms with E-state index >= 15 is 0 Å². The van der Waals surface area contributed by atoms with Crippen LogP contribution in [0.2, 0.25) is 0 Å². The second-order valence-electron chi connectivity index (χ2n) is 7.17. The van der Waals surface area contributed by atoms with E-state index in [1.165, 1.54) is 0 Å². The van der Waals surface area contributed by atoms with Gasteiger partial charge in [-0.2, -0.15) is 0 Å². The summed E-state index contributed by atoms with van der Waals surface area (Å²) in [6.07, 6.45) is 4.60. The lowest BCUT2D eigenvalue weighted by atomic mass is 10.1. The first-order valence-corrected chi connectivity index (χ1v) is 8.70. The molecule has 0 radical (unpaired) electrons. The highest BCUT2D eigenvalue weighted by molar-refractivity contribution is 6.04. The number of nitrogens with zero attached hydrogens (tertiary/aromatic N) is 1. The normalized spacial score (nSPS) is 16.1. The zero-order chi connectivity index (χ0) is 18.4. The van der Waals surface area contributed by atoms with Gasteiger partial charge in [-0.05, 0) is 58.0 Å². The first-order chi connectivity index (χ1) is 11.8. The van der Waals surface area contributed by atoms with Crippen molar-refractivity contribution >= 4 is 11.9 Å². The SMILES string of the molecule is CC=CC(=O)c1ccc(OC2CCN(C(=O)OC(C)(C)C)CC2)cc1. The maximum atomic E-state index is 12.1. The van der Waals surface area contributed by atoms with Gasteiger partial charge in [-0.3, -0.25) is 4.79 Å². The standard InChI is InChI=1S/C20H27NO4/c1-5-6-18(22)15-7-9-16(10-8-15)24-17-11-13-21(14-12-17)19(23)25-20(2,3)4/h5-10,17H,11-14H2,1-4H3. The van der Waals surface area contributed by atoms with Gasteiger partial charge in [0.05, 0.1) is 0 Å². The van der Waals surface area contributed by atoms with Crippen LogP contribution in [0, 0.1) is 0 Å². The van der Waals surface area contributed by atoms with Gasteiger partial charge in [-0.1, -0.05) is 6.08 Å². The van der Waals surface area contributed by atoms with Gasteiger partial charge in [0.2, 0.25) is 0 Å². The Bertz CT molecular complexity index is 620. The Morgan fingerprint density at radius 2 is 1.72 bits per heavy atom. The fourth-order valence-electron chi connectivity index (χ4n) is 2.62. The maximum absolute atomic E-state index is 12.1. The molecule has 1 fully saturated rings. The van der Waals surface area contributed by atoms with Gasteiger partial charge < -0.3 is 14.4 Å². The van der Waals surface area contributed by atoms with Crippen LogP contribution in [0.25, 0.3) is 0 Å². The molecule has 1 aromatic rings. The van der Waals surface area contributed by atoms with Crippen LogP contribution in [0.3, 0.4) is 0 Å². The van der Waals surface area contributed by atoms with Crippen LogP contribution in [0.15, 0.2) is 36.4 Å². The Kier molecular flexibility index (Phi) is 6.23. The van der Waals surface area contributed by atoms with Crippen LogP contribution in [0.4, 0.5) is 4.79 Å². The molecule has 0 unspecified atom stereocenters. The van der Waals surface area contributed by atoms with Gasteiger partial charge in [0, 0.05) is 31.5 Å². The average Bonchev–Trinajstić information content (AvgIpc) is 2.55. The number of allylic oxidation sites excluding steroid dienone is 2. The number of likely N-dealkylation sites (tertiary alicyclic amines) is 1. The van der Waals surface area contributed by atoms with E-state index in [-0.39, 0.29) is 18.0 Å². The molecule has 136 valence electrons. The first kappa shape index (κ1) is 19.0. The Morgan fingerprint density at radius 3 is 2.24 bits per heavy atom. The Balaban J connectivity index is 1.84. The predicted molar refractivity (Wildman–Crippen MR) is 97.0 cm³/mol. The number of amides is 1. The van der Waals surface area contributed by atoms with Gasteiger partial charge in [-0.25, -0.2) is 4.79 Å². The number of benzene rings is 1. The fraction of sp³-hybridized carbons (Fsp3) is 0.500. The summed E-state index contributed by atoms with van der Waals surface area (Å²) in [4.78, 5) is 25.6. The molecule has 0 spiro atoms. The van der Waals surface area contributed by atoms with Crippen LogP contribution in [-0.2, 0) is 4.74 Å². The van der Waals surface area contributed by atoms with Crippen molar-refractivity contribution in [3.63, 3.8) is 0 Å². The highest BCUT2D eigenvalue weighted by atomic mass is 16.6. The summed E-state index contributed by atoms with van der Waals surface area (Å²) in [5, 5.41) is 0. The third kappa shape index (κ3) is 5.93. The Hall–Kier alpha value is -2.30. The molecule has 2 rings (SSSR count). The number of carbonyl (C=O) groups excluding carboxylic acids is 2. The van der Waals surface area contributed by atoms with E-state index in [0.717, 1.165) is 18.6 Å². The summed E-state index contributed by atoms with van der Waals surface area (Å²) < 4.78 is 11.4. The lowest BCUT2D eigenvalue weighted by Crippen LogP contribution is -2.44. The van der Waals surface area contributed by atoms with Crippen molar-refractivity contribution in [2.45, 2.75) is 52.2 Å². The first-order valence-electron chi connectivity index (χ1n) is 8.70. The second-order valence-corrected chi connectivity index (χ2v) is 7.17. The quantitative estimate of drug-likeness (QED) is 0.605. The zero-order valence-corrected chi connectivity index (χ0v) is 15.5. The van der Waals surface area contributed by atoms with Crippen LogP contribution in [0.1, 0.15) is 50.9 Å². The molecule has 0 saturated carbocycles. The molecular formula is C20H27NO4. The minimum Gasteiger partial charge on any atom is -0.490 e. The summed E-state index contributed by atoms with van der Waals surface area (Å²) >= 11 is 0. The minimum atomic E-state index is -0.476. The highest BCUT2D eigenvalue weighted by Crippen LogP contribution is 2.21. The molecule has 0 bridgehead atoms. The lowest BCUT2D eigenvalue weighted by Gasteiger charge is -2.33. The van der Waals surface area contributed by atoms with E-state index in [1.54, 1.807) is 29.2 Å². The number of hydrogen-bond acceptors (Lipinski definition) is 4. The minimum absolute atomic E-state index is 0.0141. The van der Waals surface area contributed by atoms with Gasteiger partial charge in [0.25, 0.3) is 0 Å². The molecule has 1 saturated heterocycles. The molecule has 1 aromatic carbocycles. The molecule has 1 amide bonds. The summed E-state index contributed by atoms with van der Waals surface area (Å²) in [7, 11) is 0. The molecule has 25 heavy (non-hydrogen) atoms. The Labute approximate surface area is 149 Å².